The number of benzene rings is 3. The number of hydrazone groups is 1. The van der Waals surface area contributed by atoms with E-state index in [9.17, 15) is 0 Å². The molecule has 0 aromatic heterocycles. The summed E-state index contributed by atoms with van der Waals surface area (Å²) in [6, 6.07) is 24.6. The van der Waals surface area contributed by atoms with Crippen LogP contribution in [0.25, 0.3) is 0 Å². The second-order valence-corrected chi connectivity index (χ2v) is 8.20. The van der Waals surface area contributed by atoms with Gasteiger partial charge in [-0.1, -0.05) is 37.8 Å². The molecule has 0 saturated carbocycles. The molecule has 0 fully saturated rings. The Kier molecular flexibility index (Phi) is 6.03. The van der Waals surface area contributed by atoms with Gasteiger partial charge < -0.3 is 14.2 Å². The molecule has 2 atom stereocenters. The fraction of sp³-hybridized carbons (Fsp3) is 0.250. The van der Waals surface area contributed by atoms with E-state index in [1.807, 2.05) is 36.4 Å². The van der Waals surface area contributed by atoms with Crippen LogP contribution in [0.4, 0.5) is 0 Å². The molecule has 0 aliphatic carbocycles. The fourth-order valence-corrected chi connectivity index (χ4v) is 4.28. The average Bonchev–Trinajstić information content (AvgIpc) is 3.32. The first kappa shape index (κ1) is 21.1. The van der Waals surface area contributed by atoms with Crippen LogP contribution in [0.2, 0.25) is 0 Å². The first-order valence-electron chi connectivity index (χ1n) is 11.4. The van der Waals surface area contributed by atoms with Crippen LogP contribution in [0.15, 0.2) is 90.6 Å². The van der Waals surface area contributed by atoms with E-state index in [2.05, 4.69) is 54.9 Å². The number of hydrogen-bond donors (Lipinski definition) is 0. The van der Waals surface area contributed by atoms with Gasteiger partial charge in [-0.25, -0.2) is 5.01 Å². The Morgan fingerprint density at radius 2 is 1.73 bits per heavy atom. The van der Waals surface area contributed by atoms with Crippen LogP contribution in [0.1, 0.15) is 48.7 Å². The van der Waals surface area contributed by atoms with Gasteiger partial charge in [-0.2, -0.15) is 5.10 Å². The minimum atomic E-state index is -0.294. The summed E-state index contributed by atoms with van der Waals surface area (Å²) in [5.74, 6) is 2.62. The highest BCUT2D eigenvalue weighted by molar-refractivity contribution is 6.02. The number of ether oxygens (including phenoxy) is 3. The first-order chi connectivity index (χ1) is 16.3. The van der Waals surface area contributed by atoms with Gasteiger partial charge in [0, 0.05) is 17.5 Å². The summed E-state index contributed by atoms with van der Waals surface area (Å²) < 4.78 is 17.8. The monoisotopic (exact) mass is 440 g/mol. The van der Waals surface area contributed by atoms with Crippen LogP contribution in [-0.2, 0) is 0 Å². The SMILES string of the molecule is C=CCOc1ccc(C2=NN3[C@H](C2)c2ccccc2O[C@@H]3c2ccc(OCCC)cc2)cc1. The Balaban J connectivity index is 1.44. The van der Waals surface area contributed by atoms with Crippen molar-refractivity contribution in [3.8, 4) is 17.2 Å². The molecule has 33 heavy (non-hydrogen) atoms. The molecular weight excluding hydrogens is 412 g/mol. The van der Waals surface area contributed by atoms with E-state index < -0.39 is 0 Å². The third-order valence-electron chi connectivity index (χ3n) is 5.89. The molecule has 5 heteroatoms. The van der Waals surface area contributed by atoms with E-state index in [1.54, 1.807) is 6.08 Å². The molecule has 0 N–H and O–H groups in total. The van der Waals surface area contributed by atoms with Crippen molar-refractivity contribution in [1.29, 1.82) is 0 Å². The normalized spacial score (nSPS) is 18.6. The molecule has 168 valence electrons. The van der Waals surface area contributed by atoms with E-state index >= 15 is 0 Å². The van der Waals surface area contributed by atoms with E-state index in [0.717, 1.165) is 46.9 Å². The summed E-state index contributed by atoms with van der Waals surface area (Å²) in [7, 11) is 0. The molecule has 0 radical (unpaired) electrons. The van der Waals surface area contributed by atoms with Crippen molar-refractivity contribution in [2.45, 2.75) is 32.0 Å². The summed E-state index contributed by atoms with van der Waals surface area (Å²) in [6.07, 6.45) is 3.25. The van der Waals surface area contributed by atoms with E-state index in [1.165, 1.54) is 5.56 Å². The molecule has 3 aromatic rings. The van der Waals surface area contributed by atoms with Crippen LogP contribution in [-0.4, -0.2) is 23.9 Å². The minimum Gasteiger partial charge on any atom is -0.494 e. The molecule has 0 spiro atoms. The summed E-state index contributed by atoms with van der Waals surface area (Å²) in [5, 5.41) is 7.14. The van der Waals surface area contributed by atoms with Crippen LogP contribution < -0.4 is 14.2 Å². The second-order valence-electron chi connectivity index (χ2n) is 8.20. The van der Waals surface area contributed by atoms with Crippen molar-refractivity contribution in [1.82, 2.24) is 5.01 Å². The summed E-state index contributed by atoms with van der Waals surface area (Å²) in [6.45, 7) is 7.01. The predicted molar refractivity (Wildman–Crippen MR) is 130 cm³/mol. The zero-order valence-electron chi connectivity index (χ0n) is 18.8. The highest BCUT2D eigenvalue weighted by Gasteiger charge is 2.40. The van der Waals surface area contributed by atoms with Gasteiger partial charge in [0.1, 0.15) is 23.9 Å². The molecular formula is C28H28N2O3. The van der Waals surface area contributed by atoms with Gasteiger partial charge in [-0.3, -0.25) is 0 Å². The minimum absolute atomic E-state index is 0.127. The van der Waals surface area contributed by atoms with Crippen LogP contribution in [0, 0.1) is 0 Å². The largest absolute Gasteiger partial charge is 0.494 e. The summed E-state index contributed by atoms with van der Waals surface area (Å²) in [5.41, 5.74) is 4.36. The topological polar surface area (TPSA) is 43.3 Å². The van der Waals surface area contributed by atoms with E-state index in [-0.39, 0.29) is 12.3 Å². The second kappa shape index (κ2) is 9.41. The number of nitrogens with zero attached hydrogens (tertiary/aromatic N) is 2. The van der Waals surface area contributed by atoms with Crippen molar-refractivity contribution >= 4 is 5.71 Å². The number of hydrogen-bond acceptors (Lipinski definition) is 5. The van der Waals surface area contributed by atoms with Crippen LogP contribution >= 0.6 is 0 Å². The van der Waals surface area contributed by atoms with Crippen LogP contribution in [0.3, 0.4) is 0 Å². The maximum Gasteiger partial charge on any atom is 0.213 e. The lowest BCUT2D eigenvalue weighted by atomic mass is 9.96. The quantitative estimate of drug-likeness (QED) is 0.387. The van der Waals surface area contributed by atoms with Crippen molar-refractivity contribution in [2.75, 3.05) is 13.2 Å². The first-order valence-corrected chi connectivity index (χ1v) is 11.4. The van der Waals surface area contributed by atoms with Crippen molar-refractivity contribution in [3.05, 3.63) is 102 Å². The third kappa shape index (κ3) is 4.31. The molecule has 0 amide bonds. The van der Waals surface area contributed by atoms with Crippen LogP contribution in [0.5, 0.6) is 17.2 Å². The van der Waals surface area contributed by atoms with Gasteiger partial charge >= 0.3 is 0 Å². The smallest absolute Gasteiger partial charge is 0.213 e. The lowest BCUT2D eigenvalue weighted by Crippen LogP contribution is -2.33. The zero-order valence-corrected chi connectivity index (χ0v) is 18.8. The van der Waals surface area contributed by atoms with Gasteiger partial charge in [0.15, 0.2) is 0 Å². The average molecular weight is 441 g/mol. The Bertz CT molecular complexity index is 1140. The van der Waals surface area contributed by atoms with Gasteiger partial charge in [0.05, 0.1) is 18.4 Å². The van der Waals surface area contributed by atoms with Gasteiger partial charge in [-0.15, -0.1) is 0 Å². The Hall–Kier alpha value is -3.73. The zero-order chi connectivity index (χ0) is 22.6. The Morgan fingerprint density at radius 1 is 1.00 bits per heavy atom. The molecule has 0 unspecified atom stereocenters. The standard InChI is InChI=1S/C28H28N2O3/c1-3-17-31-22-13-9-20(10-14-22)25-19-26-24-7-5-6-8-27(24)33-28(30(26)29-25)21-11-15-23(16-12-21)32-18-4-2/h3,5-16,26,28H,1,4,17-19H2,2H3/t26-,28-/m1/s1. The lowest BCUT2D eigenvalue weighted by Gasteiger charge is -2.38. The summed E-state index contributed by atoms with van der Waals surface area (Å²) in [4.78, 5) is 0. The Morgan fingerprint density at radius 3 is 2.48 bits per heavy atom. The molecule has 0 bridgehead atoms. The van der Waals surface area contributed by atoms with Gasteiger partial charge in [-0.05, 0) is 66.6 Å². The van der Waals surface area contributed by atoms with Crippen molar-refractivity contribution in [3.63, 3.8) is 0 Å². The molecule has 2 aliphatic heterocycles. The molecule has 5 rings (SSSR count). The molecule has 3 aromatic carbocycles. The lowest BCUT2D eigenvalue weighted by molar-refractivity contribution is -0.0190. The predicted octanol–water partition coefficient (Wildman–Crippen LogP) is 6.28. The van der Waals surface area contributed by atoms with Gasteiger partial charge in [0.2, 0.25) is 6.23 Å². The molecule has 2 heterocycles. The number of fused-ring (bicyclic) bond motifs is 3. The molecule has 0 saturated heterocycles. The van der Waals surface area contributed by atoms with Gasteiger partial charge in [0.25, 0.3) is 0 Å². The summed E-state index contributed by atoms with van der Waals surface area (Å²) >= 11 is 0. The van der Waals surface area contributed by atoms with Crippen molar-refractivity contribution < 1.29 is 14.2 Å². The van der Waals surface area contributed by atoms with E-state index in [0.29, 0.717) is 13.2 Å². The highest BCUT2D eigenvalue weighted by Crippen LogP contribution is 2.47. The Labute approximate surface area is 194 Å². The molecule has 5 nitrogen and oxygen atoms in total. The maximum absolute atomic E-state index is 6.45. The number of rotatable bonds is 8. The third-order valence-corrected chi connectivity index (χ3v) is 5.89. The van der Waals surface area contributed by atoms with E-state index in [4.69, 9.17) is 19.3 Å². The fourth-order valence-electron chi connectivity index (χ4n) is 4.28. The van der Waals surface area contributed by atoms with Crippen molar-refractivity contribution in [2.24, 2.45) is 5.10 Å². The highest BCUT2D eigenvalue weighted by atomic mass is 16.5. The number of para-hydroxylation sites is 1. The maximum atomic E-state index is 6.45. The molecule has 2 aliphatic rings.